The van der Waals surface area contributed by atoms with Gasteiger partial charge in [-0.25, -0.2) is 4.98 Å². The zero-order valence-corrected chi connectivity index (χ0v) is 13.1. The number of para-hydroxylation sites is 2. The third-order valence-electron chi connectivity index (χ3n) is 3.42. The summed E-state index contributed by atoms with van der Waals surface area (Å²) in [6, 6.07) is 16.5. The van der Waals surface area contributed by atoms with Crippen molar-refractivity contribution >= 4 is 32.7 Å². The quantitative estimate of drug-likeness (QED) is 0.766. The highest BCUT2D eigenvalue weighted by molar-refractivity contribution is 9.10. The molecule has 4 heteroatoms. The molecular formula is C16H16BrN3. The van der Waals surface area contributed by atoms with Gasteiger partial charge in [-0.05, 0) is 37.3 Å². The highest BCUT2D eigenvalue weighted by Gasteiger charge is 2.14. The summed E-state index contributed by atoms with van der Waals surface area (Å²) in [4.78, 5) is 4.72. The Hall–Kier alpha value is -1.81. The van der Waals surface area contributed by atoms with Crippen LogP contribution in [0, 0.1) is 0 Å². The smallest absolute Gasteiger partial charge is 0.131 e. The largest absolute Gasteiger partial charge is 0.375 e. The molecule has 1 N–H and O–H groups in total. The number of hydrogen-bond donors (Lipinski definition) is 1. The van der Waals surface area contributed by atoms with Crippen LogP contribution in [0.1, 0.15) is 18.8 Å². The predicted octanol–water partition coefficient (Wildman–Crippen LogP) is 4.51. The van der Waals surface area contributed by atoms with Crippen molar-refractivity contribution in [1.82, 2.24) is 9.55 Å². The summed E-state index contributed by atoms with van der Waals surface area (Å²) in [5.74, 6) is 1.03. The summed E-state index contributed by atoms with van der Waals surface area (Å²) in [6.45, 7) is 2.13. The van der Waals surface area contributed by atoms with E-state index < -0.39 is 0 Å². The van der Waals surface area contributed by atoms with Gasteiger partial charge in [0.25, 0.3) is 0 Å². The van der Waals surface area contributed by atoms with E-state index in [0.717, 1.165) is 27.0 Å². The number of nitrogens with one attached hydrogen (secondary N) is 1. The lowest BCUT2D eigenvalue weighted by atomic mass is 10.2. The molecule has 0 fully saturated rings. The molecule has 0 radical (unpaired) electrons. The van der Waals surface area contributed by atoms with Crippen LogP contribution >= 0.6 is 15.9 Å². The molecule has 0 aliphatic rings. The first-order valence-corrected chi connectivity index (χ1v) is 7.38. The normalized spacial score (nSPS) is 12.6. The van der Waals surface area contributed by atoms with Crippen LogP contribution < -0.4 is 5.32 Å². The van der Waals surface area contributed by atoms with Crippen molar-refractivity contribution in [3.05, 3.63) is 58.8 Å². The van der Waals surface area contributed by atoms with E-state index in [1.807, 2.05) is 30.3 Å². The van der Waals surface area contributed by atoms with Crippen LogP contribution in [0.2, 0.25) is 0 Å². The van der Waals surface area contributed by atoms with Crippen molar-refractivity contribution in [3.8, 4) is 0 Å². The minimum atomic E-state index is 0.140. The minimum Gasteiger partial charge on any atom is -0.375 e. The van der Waals surface area contributed by atoms with E-state index in [2.05, 4.69) is 58.0 Å². The second-order valence-corrected chi connectivity index (χ2v) is 5.81. The summed E-state index contributed by atoms with van der Waals surface area (Å²) < 4.78 is 3.21. The number of hydrogen-bond acceptors (Lipinski definition) is 2. The molecule has 0 bridgehead atoms. The molecule has 0 saturated heterocycles. The van der Waals surface area contributed by atoms with Gasteiger partial charge in [-0.15, -0.1) is 0 Å². The van der Waals surface area contributed by atoms with Crippen LogP contribution in [0.5, 0.6) is 0 Å². The van der Waals surface area contributed by atoms with Gasteiger partial charge in [-0.1, -0.05) is 34.1 Å². The van der Waals surface area contributed by atoms with E-state index in [-0.39, 0.29) is 6.04 Å². The Balaban J connectivity index is 1.92. The number of anilines is 1. The second-order valence-electron chi connectivity index (χ2n) is 4.89. The highest BCUT2D eigenvalue weighted by atomic mass is 79.9. The van der Waals surface area contributed by atoms with Gasteiger partial charge in [-0.2, -0.15) is 0 Å². The van der Waals surface area contributed by atoms with Gasteiger partial charge in [0.2, 0.25) is 0 Å². The Morgan fingerprint density at radius 3 is 2.70 bits per heavy atom. The van der Waals surface area contributed by atoms with Crippen molar-refractivity contribution in [3.63, 3.8) is 0 Å². The van der Waals surface area contributed by atoms with Gasteiger partial charge in [0.05, 0.1) is 17.1 Å². The van der Waals surface area contributed by atoms with E-state index in [9.17, 15) is 0 Å². The lowest BCUT2D eigenvalue weighted by Crippen LogP contribution is -2.11. The number of fused-ring (bicyclic) bond motifs is 1. The topological polar surface area (TPSA) is 29.9 Å². The Kier molecular flexibility index (Phi) is 3.49. The van der Waals surface area contributed by atoms with Gasteiger partial charge >= 0.3 is 0 Å². The summed E-state index contributed by atoms with van der Waals surface area (Å²) >= 11 is 3.49. The van der Waals surface area contributed by atoms with Crippen LogP contribution in [-0.2, 0) is 7.05 Å². The van der Waals surface area contributed by atoms with E-state index >= 15 is 0 Å². The van der Waals surface area contributed by atoms with E-state index in [1.54, 1.807) is 0 Å². The summed E-state index contributed by atoms with van der Waals surface area (Å²) in [5, 5.41) is 3.49. The van der Waals surface area contributed by atoms with Crippen LogP contribution in [0.4, 0.5) is 5.69 Å². The van der Waals surface area contributed by atoms with Gasteiger partial charge < -0.3 is 9.88 Å². The lowest BCUT2D eigenvalue weighted by Gasteiger charge is -2.15. The number of benzene rings is 2. The van der Waals surface area contributed by atoms with E-state index in [0.29, 0.717) is 0 Å². The maximum Gasteiger partial charge on any atom is 0.131 e. The fourth-order valence-corrected chi connectivity index (χ4v) is 2.84. The zero-order chi connectivity index (χ0) is 14.1. The Bertz CT molecular complexity index is 748. The molecule has 1 atom stereocenters. The molecule has 0 aliphatic carbocycles. The number of nitrogens with zero attached hydrogens (tertiary/aromatic N) is 2. The van der Waals surface area contributed by atoms with Gasteiger partial charge in [0, 0.05) is 17.2 Å². The van der Waals surface area contributed by atoms with Crippen LogP contribution in [-0.4, -0.2) is 9.55 Å². The summed E-state index contributed by atoms with van der Waals surface area (Å²) in [6.07, 6.45) is 0. The monoisotopic (exact) mass is 329 g/mol. The average Bonchev–Trinajstić information content (AvgIpc) is 2.77. The fraction of sp³-hybridized carbons (Fsp3) is 0.188. The first kappa shape index (κ1) is 13.2. The first-order valence-electron chi connectivity index (χ1n) is 6.58. The lowest BCUT2D eigenvalue weighted by molar-refractivity contribution is 0.734. The molecule has 2 aromatic carbocycles. The SMILES string of the molecule is CC(Nc1cccc(Br)c1)c1nc2ccccc2n1C. The molecular weight excluding hydrogens is 314 g/mol. The maximum absolute atomic E-state index is 4.72. The number of aromatic nitrogens is 2. The molecule has 0 saturated carbocycles. The highest BCUT2D eigenvalue weighted by Crippen LogP contribution is 2.24. The minimum absolute atomic E-state index is 0.140. The standard InChI is InChI=1S/C16H16BrN3/c1-11(18-13-7-5-6-12(17)10-13)16-19-14-8-3-4-9-15(14)20(16)2/h3-11,18H,1-2H3. The molecule has 1 heterocycles. The van der Waals surface area contributed by atoms with Gasteiger partial charge in [-0.3, -0.25) is 0 Å². The van der Waals surface area contributed by atoms with Crippen molar-refractivity contribution in [2.24, 2.45) is 7.05 Å². The predicted molar refractivity (Wildman–Crippen MR) is 86.9 cm³/mol. The van der Waals surface area contributed by atoms with Crippen molar-refractivity contribution in [2.75, 3.05) is 5.32 Å². The van der Waals surface area contributed by atoms with Crippen LogP contribution in [0.3, 0.4) is 0 Å². The second kappa shape index (κ2) is 5.29. The van der Waals surface area contributed by atoms with Crippen molar-refractivity contribution in [2.45, 2.75) is 13.0 Å². The summed E-state index contributed by atoms with van der Waals surface area (Å²) in [7, 11) is 2.06. The third kappa shape index (κ3) is 2.43. The maximum atomic E-state index is 4.72. The van der Waals surface area contributed by atoms with Crippen LogP contribution in [0.25, 0.3) is 11.0 Å². The van der Waals surface area contributed by atoms with E-state index in [1.165, 1.54) is 0 Å². The molecule has 3 rings (SSSR count). The van der Waals surface area contributed by atoms with Crippen molar-refractivity contribution in [1.29, 1.82) is 0 Å². The van der Waals surface area contributed by atoms with Crippen molar-refractivity contribution < 1.29 is 0 Å². The molecule has 0 aliphatic heterocycles. The number of rotatable bonds is 3. The number of halogens is 1. The van der Waals surface area contributed by atoms with E-state index in [4.69, 9.17) is 4.98 Å². The molecule has 0 amide bonds. The Morgan fingerprint density at radius 1 is 1.15 bits per heavy atom. The molecule has 3 aromatic rings. The Labute approximate surface area is 126 Å². The molecule has 1 aromatic heterocycles. The summed E-state index contributed by atoms with van der Waals surface area (Å²) in [5.41, 5.74) is 3.28. The molecule has 0 spiro atoms. The molecule has 3 nitrogen and oxygen atoms in total. The fourth-order valence-electron chi connectivity index (χ4n) is 2.44. The third-order valence-corrected chi connectivity index (χ3v) is 3.91. The molecule has 20 heavy (non-hydrogen) atoms. The van der Waals surface area contributed by atoms with Gasteiger partial charge in [0.15, 0.2) is 0 Å². The molecule has 1 unspecified atom stereocenters. The zero-order valence-electron chi connectivity index (χ0n) is 11.5. The molecule has 102 valence electrons. The Morgan fingerprint density at radius 2 is 1.95 bits per heavy atom. The van der Waals surface area contributed by atoms with Gasteiger partial charge in [0.1, 0.15) is 5.82 Å². The average molecular weight is 330 g/mol. The number of aryl methyl sites for hydroxylation is 1. The van der Waals surface area contributed by atoms with Crippen LogP contribution in [0.15, 0.2) is 53.0 Å². The number of imidazole rings is 1. The first-order chi connectivity index (χ1) is 9.65.